The number of piperidine rings is 1. The third kappa shape index (κ3) is 5.03. The van der Waals surface area contributed by atoms with Gasteiger partial charge in [0, 0.05) is 28.0 Å². The average molecular weight is 530 g/mol. The molecule has 1 fully saturated rings. The molecule has 0 spiro atoms. The van der Waals surface area contributed by atoms with Crippen LogP contribution in [-0.4, -0.2) is 31.7 Å². The van der Waals surface area contributed by atoms with Crippen molar-refractivity contribution in [3.05, 3.63) is 63.0 Å². The summed E-state index contributed by atoms with van der Waals surface area (Å²) >= 11 is 6.72. The summed E-state index contributed by atoms with van der Waals surface area (Å²) in [5.41, 5.74) is 1.03. The second-order valence-electron chi connectivity index (χ2n) is 6.91. The lowest BCUT2D eigenvalue weighted by molar-refractivity contribution is -0.126. The Balaban J connectivity index is 1.57. The van der Waals surface area contributed by atoms with E-state index in [1.165, 1.54) is 4.31 Å². The van der Waals surface area contributed by atoms with Gasteiger partial charge in [-0.1, -0.05) is 44.0 Å². The van der Waals surface area contributed by atoms with Crippen LogP contribution >= 0.6 is 31.9 Å². The molecule has 0 aromatic heterocycles. The zero-order valence-electron chi connectivity index (χ0n) is 15.4. The fourth-order valence-electron chi connectivity index (χ4n) is 3.28. The van der Waals surface area contributed by atoms with Crippen molar-refractivity contribution in [2.45, 2.75) is 30.7 Å². The predicted octanol–water partition coefficient (Wildman–Crippen LogP) is 4.49. The third-order valence-electron chi connectivity index (χ3n) is 5.00. The minimum absolute atomic E-state index is 0.0175. The van der Waals surface area contributed by atoms with E-state index in [1.807, 2.05) is 31.2 Å². The topological polar surface area (TPSA) is 66.5 Å². The van der Waals surface area contributed by atoms with Gasteiger partial charge >= 0.3 is 0 Å². The van der Waals surface area contributed by atoms with Crippen LogP contribution < -0.4 is 5.32 Å². The largest absolute Gasteiger partial charge is 0.349 e. The molecular weight excluding hydrogens is 508 g/mol. The molecule has 1 atom stereocenters. The maximum absolute atomic E-state index is 12.8. The van der Waals surface area contributed by atoms with Crippen LogP contribution in [0.3, 0.4) is 0 Å². The Bertz CT molecular complexity index is 923. The van der Waals surface area contributed by atoms with Gasteiger partial charge in [0.15, 0.2) is 0 Å². The zero-order valence-corrected chi connectivity index (χ0v) is 19.4. The lowest BCUT2D eigenvalue weighted by atomic mass is 9.96. The molecule has 0 radical (unpaired) electrons. The molecular formula is C20H22Br2N2O3S. The zero-order chi connectivity index (χ0) is 20.3. The fourth-order valence-corrected chi connectivity index (χ4v) is 5.28. The van der Waals surface area contributed by atoms with E-state index in [-0.39, 0.29) is 22.8 Å². The van der Waals surface area contributed by atoms with E-state index in [0.29, 0.717) is 25.9 Å². The molecule has 1 N–H and O–H groups in total. The second-order valence-corrected chi connectivity index (χ2v) is 10.7. The Morgan fingerprint density at radius 2 is 1.50 bits per heavy atom. The standard InChI is InChI=1S/C20H22Br2N2O3S/c1-14(15-2-4-17(21)5-3-15)23-20(25)16-10-12-24(13-11-16)28(26,27)19-8-6-18(22)7-9-19/h2-9,14,16H,10-13H2,1H3,(H,23,25)/t14-/m0/s1. The van der Waals surface area contributed by atoms with Gasteiger partial charge in [0.05, 0.1) is 10.9 Å². The molecule has 1 aliphatic heterocycles. The van der Waals surface area contributed by atoms with E-state index in [1.54, 1.807) is 24.3 Å². The minimum Gasteiger partial charge on any atom is -0.349 e. The van der Waals surface area contributed by atoms with Gasteiger partial charge in [-0.2, -0.15) is 4.31 Å². The lowest BCUT2D eigenvalue weighted by Gasteiger charge is -2.31. The number of carbonyl (C=O) groups is 1. The van der Waals surface area contributed by atoms with Crippen LogP contribution in [0.4, 0.5) is 0 Å². The summed E-state index contributed by atoms with van der Waals surface area (Å²) in [4.78, 5) is 12.9. The van der Waals surface area contributed by atoms with E-state index >= 15 is 0 Å². The normalized spacial score (nSPS) is 17.2. The van der Waals surface area contributed by atoms with Gasteiger partial charge < -0.3 is 5.32 Å². The van der Waals surface area contributed by atoms with Crippen molar-refractivity contribution in [1.29, 1.82) is 0 Å². The molecule has 0 bridgehead atoms. The highest BCUT2D eigenvalue weighted by Gasteiger charge is 2.32. The number of hydrogen-bond acceptors (Lipinski definition) is 3. The van der Waals surface area contributed by atoms with E-state index in [0.717, 1.165) is 14.5 Å². The molecule has 1 heterocycles. The SMILES string of the molecule is C[C@H](NC(=O)C1CCN(S(=O)(=O)c2ccc(Br)cc2)CC1)c1ccc(Br)cc1. The summed E-state index contributed by atoms with van der Waals surface area (Å²) in [5, 5.41) is 3.05. The highest BCUT2D eigenvalue weighted by molar-refractivity contribution is 9.10. The molecule has 0 saturated carbocycles. The van der Waals surface area contributed by atoms with Crippen molar-refractivity contribution in [2.24, 2.45) is 5.92 Å². The van der Waals surface area contributed by atoms with Gasteiger partial charge in [-0.25, -0.2) is 8.42 Å². The van der Waals surface area contributed by atoms with Gasteiger partial charge in [0.2, 0.25) is 15.9 Å². The molecule has 8 heteroatoms. The Morgan fingerprint density at radius 3 is 2.04 bits per heavy atom. The maximum Gasteiger partial charge on any atom is 0.243 e. The Labute approximate surface area is 182 Å². The van der Waals surface area contributed by atoms with Crippen LogP contribution in [0, 0.1) is 5.92 Å². The summed E-state index contributed by atoms with van der Waals surface area (Å²) in [5.74, 6) is -0.189. The van der Waals surface area contributed by atoms with E-state index in [2.05, 4.69) is 37.2 Å². The van der Waals surface area contributed by atoms with Crippen molar-refractivity contribution < 1.29 is 13.2 Å². The van der Waals surface area contributed by atoms with Crippen LogP contribution in [-0.2, 0) is 14.8 Å². The van der Waals surface area contributed by atoms with Crippen LogP contribution in [0.5, 0.6) is 0 Å². The van der Waals surface area contributed by atoms with Crippen molar-refractivity contribution in [2.75, 3.05) is 13.1 Å². The predicted molar refractivity (Wildman–Crippen MR) is 116 cm³/mol. The van der Waals surface area contributed by atoms with Crippen LogP contribution in [0.1, 0.15) is 31.4 Å². The summed E-state index contributed by atoms with van der Waals surface area (Å²) in [7, 11) is -3.52. The molecule has 28 heavy (non-hydrogen) atoms. The van der Waals surface area contributed by atoms with Crippen molar-refractivity contribution in [3.8, 4) is 0 Å². The number of amides is 1. The van der Waals surface area contributed by atoms with Crippen molar-refractivity contribution in [3.63, 3.8) is 0 Å². The highest BCUT2D eigenvalue weighted by Crippen LogP contribution is 2.26. The van der Waals surface area contributed by atoms with Crippen LogP contribution in [0.2, 0.25) is 0 Å². The second kappa shape index (κ2) is 9.07. The van der Waals surface area contributed by atoms with E-state index in [4.69, 9.17) is 0 Å². The summed E-state index contributed by atoms with van der Waals surface area (Å²) in [6, 6.07) is 14.4. The Hall–Kier alpha value is -1.22. The number of halogens is 2. The summed E-state index contributed by atoms with van der Waals surface area (Å²) in [6.07, 6.45) is 1.04. The smallest absolute Gasteiger partial charge is 0.243 e. The first-order valence-electron chi connectivity index (χ1n) is 9.09. The van der Waals surface area contributed by atoms with Crippen molar-refractivity contribution in [1.82, 2.24) is 9.62 Å². The lowest BCUT2D eigenvalue weighted by Crippen LogP contribution is -2.43. The van der Waals surface area contributed by atoms with Gasteiger partial charge in [-0.05, 0) is 61.7 Å². The van der Waals surface area contributed by atoms with Gasteiger partial charge in [-0.15, -0.1) is 0 Å². The Morgan fingerprint density at radius 1 is 1.00 bits per heavy atom. The van der Waals surface area contributed by atoms with Crippen LogP contribution in [0.15, 0.2) is 62.4 Å². The molecule has 0 aliphatic carbocycles. The number of carbonyl (C=O) groups excluding carboxylic acids is 1. The molecule has 1 aliphatic rings. The van der Waals surface area contributed by atoms with Gasteiger partial charge in [0.25, 0.3) is 0 Å². The molecule has 2 aromatic carbocycles. The molecule has 1 saturated heterocycles. The van der Waals surface area contributed by atoms with Gasteiger partial charge in [0.1, 0.15) is 0 Å². The number of nitrogens with zero attached hydrogens (tertiary/aromatic N) is 1. The number of nitrogens with one attached hydrogen (secondary N) is 1. The molecule has 150 valence electrons. The first kappa shape index (κ1) is 21.5. The fraction of sp³-hybridized carbons (Fsp3) is 0.350. The van der Waals surface area contributed by atoms with Crippen LogP contribution in [0.25, 0.3) is 0 Å². The number of rotatable bonds is 5. The van der Waals surface area contributed by atoms with E-state index in [9.17, 15) is 13.2 Å². The van der Waals surface area contributed by atoms with Gasteiger partial charge in [-0.3, -0.25) is 4.79 Å². The molecule has 0 unspecified atom stereocenters. The van der Waals surface area contributed by atoms with E-state index < -0.39 is 10.0 Å². The first-order valence-corrected chi connectivity index (χ1v) is 12.1. The highest BCUT2D eigenvalue weighted by atomic mass is 79.9. The number of benzene rings is 2. The summed E-state index contributed by atoms with van der Waals surface area (Å²) < 4.78 is 28.8. The molecule has 5 nitrogen and oxygen atoms in total. The maximum atomic E-state index is 12.8. The number of hydrogen-bond donors (Lipinski definition) is 1. The summed E-state index contributed by atoms with van der Waals surface area (Å²) in [6.45, 7) is 2.65. The molecule has 3 rings (SSSR count). The Kier molecular flexibility index (Phi) is 6.96. The average Bonchev–Trinajstić information content (AvgIpc) is 2.69. The first-order chi connectivity index (χ1) is 13.3. The van der Waals surface area contributed by atoms with Crippen molar-refractivity contribution >= 4 is 47.8 Å². The quantitative estimate of drug-likeness (QED) is 0.620. The number of sulfonamides is 1. The monoisotopic (exact) mass is 528 g/mol. The third-order valence-corrected chi connectivity index (χ3v) is 7.98. The minimum atomic E-state index is -3.52. The molecule has 2 aromatic rings. The molecule has 1 amide bonds.